The molecule has 3 aromatic rings. The van der Waals surface area contributed by atoms with Crippen LogP contribution in [0.5, 0.6) is 5.75 Å². The van der Waals surface area contributed by atoms with Crippen molar-refractivity contribution in [3.63, 3.8) is 0 Å². The Hall–Kier alpha value is -2.71. The number of nitrogens with zero attached hydrogens (tertiary/aromatic N) is 4. The van der Waals surface area contributed by atoms with Crippen molar-refractivity contribution in [2.24, 2.45) is 7.05 Å². The second kappa shape index (κ2) is 9.19. The maximum absolute atomic E-state index is 11.8. The van der Waals surface area contributed by atoms with Gasteiger partial charge in [-0.3, -0.25) is 9.69 Å². The van der Waals surface area contributed by atoms with E-state index in [9.17, 15) is 4.79 Å². The molecule has 0 aliphatic carbocycles. The van der Waals surface area contributed by atoms with Gasteiger partial charge in [0.2, 0.25) is 0 Å². The van der Waals surface area contributed by atoms with Gasteiger partial charge in [0, 0.05) is 13.6 Å². The molecule has 1 heterocycles. The van der Waals surface area contributed by atoms with Crippen molar-refractivity contribution >= 4 is 29.0 Å². The van der Waals surface area contributed by atoms with Gasteiger partial charge < -0.3 is 14.0 Å². The zero-order valence-electron chi connectivity index (χ0n) is 17.2. The first-order chi connectivity index (χ1) is 13.9. The van der Waals surface area contributed by atoms with Crippen molar-refractivity contribution in [2.75, 3.05) is 20.8 Å². The van der Waals surface area contributed by atoms with Crippen molar-refractivity contribution in [3.8, 4) is 5.75 Å². The number of rotatable bonds is 8. The van der Waals surface area contributed by atoms with Gasteiger partial charge in [-0.25, -0.2) is 4.68 Å². The van der Waals surface area contributed by atoms with E-state index in [4.69, 9.17) is 21.7 Å². The number of hydrogen-bond acceptors (Lipinski definition) is 6. The molecule has 8 heteroatoms. The van der Waals surface area contributed by atoms with E-state index < -0.39 is 0 Å². The van der Waals surface area contributed by atoms with Gasteiger partial charge in [-0.2, -0.15) is 5.10 Å². The highest BCUT2D eigenvalue weighted by molar-refractivity contribution is 7.71. The van der Waals surface area contributed by atoms with Crippen molar-refractivity contribution in [1.29, 1.82) is 0 Å². The highest BCUT2D eigenvalue weighted by Crippen LogP contribution is 2.22. The van der Waals surface area contributed by atoms with Crippen LogP contribution < -0.4 is 4.74 Å². The molecule has 0 fully saturated rings. The van der Waals surface area contributed by atoms with Gasteiger partial charge in [-0.05, 0) is 60.7 Å². The summed E-state index contributed by atoms with van der Waals surface area (Å²) >= 11 is 5.47. The van der Waals surface area contributed by atoms with Crippen molar-refractivity contribution in [2.45, 2.75) is 26.6 Å². The van der Waals surface area contributed by atoms with Crippen LogP contribution in [0.25, 0.3) is 10.8 Å². The minimum Gasteiger partial charge on any atom is -0.497 e. The zero-order chi connectivity index (χ0) is 21.0. The summed E-state index contributed by atoms with van der Waals surface area (Å²) in [4.78, 5) is 13.9. The van der Waals surface area contributed by atoms with Crippen molar-refractivity contribution in [1.82, 2.24) is 19.2 Å². The Morgan fingerprint density at radius 2 is 1.93 bits per heavy atom. The summed E-state index contributed by atoms with van der Waals surface area (Å²) in [6.07, 6.45) is 0.110. The molecule has 0 radical (unpaired) electrons. The second-order valence-corrected chi connectivity index (χ2v) is 7.31. The van der Waals surface area contributed by atoms with Crippen LogP contribution in [0.3, 0.4) is 0 Å². The van der Waals surface area contributed by atoms with Crippen LogP contribution in [0, 0.1) is 4.77 Å². The van der Waals surface area contributed by atoms with Gasteiger partial charge in [0.05, 0.1) is 20.4 Å². The number of carbonyl (C=O) groups is 1. The Morgan fingerprint density at radius 1 is 1.21 bits per heavy atom. The van der Waals surface area contributed by atoms with Crippen LogP contribution in [0.15, 0.2) is 36.4 Å². The molecule has 7 nitrogen and oxygen atoms in total. The largest absolute Gasteiger partial charge is 0.497 e. The number of benzene rings is 2. The molecule has 0 atom stereocenters. The molecule has 154 valence electrons. The van der Waals surface area contributed by atoms with Crippen LogP contribution in [0.4, 0.5) is 0 Å². The Bertz CT molecular complexity index is 1070. The van der Waals surface area contributed by atoms with E-state index in [2.05, 4.69) is 34.3 Å². The molecule has 0 aliphatic rings. The molecular formula is C21H26N4O3S. The average Bonchev–Trinajstić information content (AvgIpc) is 2.95. The third-order valence-electron chi connectivity index (χ3n) is 4.68. The Morgan fingerprint density at radius 3 is 2.66 bits per heavy atom. The number of esters is 1. The fraction of sp³-hybridized carbons (Fsp3) is 0.381. The van der Waals surface area contributed by atoms with Gasteiger partial charge in [-0.1, -0.05) is 18.2 Å². The van der Waals surface area contributed by atoms with Crippen molar-refractivity contribution < 1.29 is 14.3 Å². The highest BCUT2D eigenvalue weighted by Gasteiger charge is 2.14. The fourth-order valence-corrected chi connectivity index (χ4v) is 3.41. The lowest BCUT2D eigenvalue weighted by atomic mass is 10.1. The quantitative estimate of drug-likeness (QED) is 0.416. The fourth-order valence-electron chi connectivity index (χ4n) is 3.21. The molecule has 0 unspecified atom stereocenters. The molecular weight excluding hydrogens is 388 g/mol. The predicted molar refractivity (Wildman–Crippen MR) is 114 cm³/mol. The van der Waals surface area contributed by atoms with E-state index in [1.54, 1.807) is 23.3 Å². The first-order valence-electron chi connectivity index (χ1n) is 9.44. The van der Waals surface area contributed by atoms with Gasteiger partial charge in [0.15, 0.2) is 4.77 Å². The van der Waals surface area contributed by atoms with E-state index >= 15 is 0 Å². The Labute approximate surface area is 175 Å². The molecule has 2 aromatic carbocycles. The molecule has 0 amide bonds. The number of ether oxygens (including phenoxy) is 2. The standard InChI is InChI=1S/C21H26N4O3S/c1-5-28-20(26)12-19-22-25(21(29)24(19)3)14-23(2)13-15-6-7-17-11-18(27-4)9-8-16(17)10-15/h6-11H,5,12-14H2,1-4H3. The normalized spacial score (nSPS) is 11.2. The Kier molecular flexibility index (Phi) is 6.66. The van der Waals surface area contributed by atoms with E-state index in [0.29, 0.717) is 23.9 Å². The predicted octanol–water partition coefficient (Wildman–Crippen LogP) is 3.31. The van der Waals surface area contributed by atoms with E-state index in [1.807, 2.05) is 26.2 Å². The first-order valence-corrected chi connectivity index (χ1v) is 9.85. The number of hydrogen-bond donors (Lipinski definition) is 0. The third-order valence-corrected chi connectivity index (χ3v) is 5.16. The van der Waals surface area contributed by atoms with Gasteiger partial charge in [0.25, 0.3) is 0 Å². The van der Waals surface area contributed by atoms with Crippen LogP contribution in [0.2, 0.25) is 0 Å². The van der Waals surface area contributed by atoms with Crippen LogP contribution in [0.1, 0.15) is 18.3 Å². The van der Waals surface area contributed by atoms with Crippen LogP contribution in [-0.2, 0) is 36.2 Å². The summed E-state index contributed by atoms with van der Waals surface area (Å²) in [5.41, 5.74) is 1.19. The maximum atomic E-state index is 11.8. The average molecular weight is 415 g/mol. The molecule has 0 saturated carbocycles. The minimum absolute atomic E-state index is 0.110. The molecule has 0 spiro atoms. The van der Waals surface area contributed by atoms with E-state index in [1.165, 1.54) is 10.9 Å². The smallest absolute Gasteiger partial charge is 0.313 e. The molecule has 0 bridgehead atoms. The van der Waals surface area contributed by atoms with Gasteiger partial charge >= 0.3 is 5.97 Å². The maximum Gasteiger partial charge on any atom is 0.313 e. The topological polar surface area (TPSA) is 61.5 Å². The number of carbonyl (C=O) groups excluding carboxylic acids is 1. The lowest BCUT2D eigenvalue weighted by molar-refractivity contribution is -0.142. The molecule has 3 rings (SSSR count). The highest BCUT2D eigenvalue weighted by atomic mass is 32.1. The summed E-state index contributed by atoms with van der Waals surface area (Å²) in [6.45, 7) is 3.40. The van der Waals surface area contributed by atoms with Gasteiger partial charge in [0.1, 0.15) is 18.0 Å². The first kappa shape index (κ1) is 21.0. The molecule has 1 aromatic heterocycles. The monoisotopic (exact) mass is 414 g/mol. The number of methoxy groups -OCH3 is 1. The van der Waals surface area contributed by atoms with Crippen LogP contribution >= 0.6 is 12.2 Å². The SMILES string of the molecule is CCOC(=O)Cc1nn(CN(C)Cc2ccc3cc(OC)ccc3c2)c(=S)n1C. The zero-order valence-corrected chi connectivity index (χ0v) is 18.0. The van der Waals surface area contributed by atoms with Crippen LogP contribution in [-0.4, -0.2) is 46.0 Å². The lowest BCUT2D eigenvalue weighted by Gasteiger charge is -2.17. The summed E-state index contributed by atoms with van der Waals surface area (Å²) in [6, 6.07) is 12.5. The molecule has 0 aliphatic heterocycles. The Balaban J connectivity index is 1.70. The summed E-state index contributed by atoms with van der Waals surface area (Å²) in [5, 5.41) is 6.82. The van der Waals surface area contributed by atoms with E-state index in [0.717, 1.165) is 17.7 Å². The third kappa shape index (κ3) is 5.02. The minimum atomic E-state index is -0.302. The van der Waals surface area contributed by atoms with Crippen molar-refractivity contribution in [3.05, 3.63) is 52.6 Å². The summed E-state index contributed by atoms with van der Waals surface area (Å²) in [7, 11) is 5.50. The van der Waals surface area contributed by atoms with E-state index in [-0.39, 0.29) is 12.4 Å². The molecule has 29 heavy (non-hydrogen) atoms. The van der Waals surface area contributed by atoms with Gasteiger partial charge in [-0.15, -0.1) is 0 Å². The second-order valence-electron chi connectivity index (χ2n) is 6.94. The number of aromatic nitrogens is 3. The molecule has 0 saturated heterocycles. The summed E-state index contributed by atoms with van der Waals surface area (Å²) in [5.74, 6) is 1.15. The summed E-state index contributed by atoms with van der Waals surface area (Å²) < 4.78 is 14.3. The molecule has 0 N–H and O–H groups in total. The number of fused-ring (bicyclic) bond motifs is 1. The lowest BCUT2D eigenvalue weighted by Crippen LogP contribution is -2.22.